The third kappa shape index (κ3) is 2.74. The van der Waals surface area contributed by atoms with Crippen LogP contribution in [0.2, 0.25) is 0 Å². The molecule has 106 valence electrons. The van der Waals surface area contributed by atoms with Gasteiger partial charge in [0.25, 0.3) is 0 Å². The molecular weight excluding hydrogens is 252 g/mol. The molecule has 0 aliphatic carbocycles. The molecule has 2 rings (SSSR count). The summed E-state index contributed by atoms with van der Waals surface area (Å²) < 4.78 is 0. The van der Waals surface area contributed by atoms with Crippen LogP contribution in [0, 0.1) is 5.92 Å². The molecule has 0 amide bonds. The number of anilines is 1. The molecule has 0 aliphatic heterocycles. The second kappa shape index (κ2) is 5.90. The fraction of sp³-hybridized carbons (Fsp3) is 0.375. The smallest absolute Gasteiger partial charge is 0.339 e. The molecule has 1 aromatic heterocycles. The highest BCUT2D eigenvalue weighted by molar-refractivity contribution is 6.04. The lowest BCUT2D eigenvalue weighted by Crippen LogP contribution is -2.29. The molecule has 0 atom stereocenters. The number of aromatic carboxylic acids is 1. The Morgan fingerprint density at radius 3 is 2.65 bits per heavy atom. The summed E-state index contributed by atoms with van der Waals surface area (Å²) in [5.41, 5.74) is 1.88. The molecule has 0 saturated heterocycles. The van der Waals surface area contributed by atoms with Crippen molar-refractivity contribution in [2.75, 3.05) is 18.0 Å². The van der Waals surface area contributed by atoms with Crippen molar-refractivity contribution in [3.63, 3.8) is 0 Å². The number of carbonyl (C=O) groups is 1. The molecule has 0 aliphatic rings. The lowest BCUT2D eigenvalue weighted by Gasteiger charge is -2.27. The number of nitrogens with zero attached hydrogens (tertiary/aromatic N) is 2. The Morgan fingerprint density at radius 1 is 1.35 bits per heavy atom. The summed E-state index contributed by atoms with van der Waals surface area (Å²) in [5.74, 6) is -0.469. The van der Waals surface area contributed by atoms with E-state index in [1.165, 1.54) is 6.20 Å². The van der Waals surface area contributed by atoms with E-state index in [-0.39, 0.29) is 5.56 Å². The summed E-state index contributed by atoms with van der Waals surface area (Å²) in [7, 11) is 0. The molecule has 4 nitrogen and oxygen atoms in total. The van der Waals surface area contributed by atoms with Crippen LogP contribution in [0.5, 0.6) is 0 Å². The largest absolute Gasteiger partial charge is 0.478 e. The van der Waals surface area contributed by atoms with Gasteiger partial charge < -0.3 is 10.0 Å². The van der Waals surface area contributed by atoms with E-state index in [9.17, 15) is 9.90 Å². The zero-order valence-electron chi connectivity index (χ0n) is 12.1. The van der Waals surface area contributed by atoms with Gasteiger partial charge in [0.2, 0.25) is 0 Å². The highest BCUT2D eigenvalue weighted by atomic mass is 16.4. The quantitative estimate of drug-likeness (QED) is 0.906. The van der Waals surface area contributed by atoms with E-state index < -0.39 is 5.97 Å². The normalized spacial score (nSPS) is 11.0. The Bertz CT molecular complexity index is 623. The number of hydrogen-bond acceptors (Lipinski definition) is 3. The number of hydrogen-bond donors (Lipinski definition) is 1. The van der Waals surface area contributed by atoms with E-state index in [1.807, 2.05) is 31.2 Å². The number of fused-ring (bicyclic) bond motifs is 1. The minimum absolute atomic E-state index is 0.270. The number of benzene rings is 1. The lowest BCUT2D eigenvalue weighted by molar-refractivity contribution is 0.0697. The Labute approximate surface area is 119 Å². The molecule has 0 saturated carbocycles. The standard InChI is InChI=1S/C16H20N2O2/c1-4-18(10-11(2)3)15-12-7-5-6-8-14(12)17-9-13(15)16(19)20/h5-9,11H,4,10H2,1-3H3,(H,19,20). The number of carboxylic acid groups (broad SMARTS) is 1. The summed E-state index contributed by atoms with van der Waals surface area (Å²) in [4.78, 5) is 17.9. The summed E-state index contributed by atoms with van der Waals surface area (Å²) in [5, 5.41) is 10.3. The lowest BCUT2D eigenvalue weighted by atomic mass is 10.1. The van der Waals surface area contributed by atoms with Crippen LogP contribution in [-0.4, -0.2) is 29.1 Å². The van der Waals surface area contributed by atoms with Gasteiger partial charge in [-0.2, -0.15) is 0 Å². The van der Waals surface area contributed by atoms with Crippen LogP contribution in [0.4, 0.5) is 5.69 Å². The second-order valence-corrected chi connectivity index (χ2v) is 5.28. The molecule has 1 N–H and O–H groups in total. The van der Waals surface area contributed by atoms with Crippen molar-refractivity contribution in [1.82, 2.24) is 4.98 Å². The number of rotatable bonds is 5. The third-order valence-corrected chi connectivity index (χ3v) is 3.26. The van der Waals surface area contributed by atoms with Gasteiger partial charge in [0, 0.05) is 24.7 Å². The van der Waals surface area contributed by atoms with Gasteiger partial charge in [-0.1, -0.05) is 32.0 Å². The summed E-state index contributed by atoms with van der Waals surface area (Å²) in [6, 6.07) is 7.68. The average Bonchev–Trinajstić information content (AvgIpc) is 2.43. The van der Waals surface area contributed by atoms with Gasteiger partial charge in [-0.05, 0) is 18.9 Å². The van der Waals surface area contributed by atoms with Crippen molar-refractivity contribution in [3.8, 4) is 0 Å². The summed E-state index contributed by atoms with van der Waals surface area (Å²) >= 11 is 0. The third-order valence-electron chi connectivity index (χ3n) is 3.26. The van der Waals surface area contributed by atoms with Gasteiger partial charge in [-0.25, -0.2) is 4.79 Å². The number of aromatic nitrogens is 1. The molecule has 4 heteroatoms. The summed E-state index contributed by atoms with van der Waals surface area (Å²) in [6.45, 7) is 7.90. The van der Waals surface area contributed by atoms with Gasteiger partial charge in [-0.3, -0.25) is 4.98 Å². The predicted molar refractivity (Wildman–Crippen MR) is 81.4 cm³/mol. The molecule has 0 spiro atoms. The first-order chi connectivity index (χ1) is 9.54. The minimum atomic E-state index is -0.930. The Kier molecular flexibility index (Phi) is 4.23. The van der Waals surface area contributed by atoms with Crippen molar-refractivity contribution in [1.29, 1.82) is 0 Å². The highest BCUT2D eigenvalue weighted by Gasteiger charge is 2.19. The van der Waals surface area contributed by atoms with Crippen LogP contribution < -0.4 is 4.90 Å². The van der Waals surface area contributed by atoms with Gasteiger partial charge in [0.1, 0.15) is 5.56 Å². The van der Waals surface area contributed by atoms with Crippen LogP contribution >= 0.6 is 0 Å². The zero-order valence-corrected chi connectivity index (χ0v) is 12.1. The van der Waals surface area contributed by atoms with Crippen LogP contribution in [0.15, 0.2) is 30.5 Å². The highest BCUT2D eigenvalue weighted by Crippen LogP contribution is 2.30. The van der Waals surface area contributed by atoms with E-state index >= 15 is 0 Å². The van der Waals surface area contributed by atoms with E-state index in [4.69, 9.17) is 0 Å². The van der Waals surface area contributed by atoms with E-state index in [0.717, 1.165) is 29.7 Å². The van der Waals surface area contributed by atoms with Gasteiger partial charge in [0.15, 0.2) is 0 Å². The van der Waals surface area contributed by atoms with Crippen molar-refractivity contribution in [2.24, 2.45) is 5.92 Å². The minimum Gasteiger partial charge on any atom is -0.478 e. The molecule has 0 unspecified atom stereocenters. The van der Waals surface area contributed by atoms with Gasteiger partial charge in [0.05, 0.1) is 11.2 Å². The molecule has 1 heterocycles. The number of carboxylic acids is 1. The maximum absolute atomic E-state index is 11.5. The van der Waals surface area contributed by atoms with Crippen LogP contribution in [0.1, 0.15) is 31.1 Å². The van der Waals surface area contributed by atoms with Crippen molar-refractivity contribution >= 4 is 22.6 Å². The molecule has 20 heavy (non-hydrogen) atoms. The van der Waals surface area contributed by atoms with Gasteiger partial charge in [-0.15, -0.1) is 0 Å². The first-order valence-corrected chi connectivity index (χ1v) is 6.90. The Morgan fingerprint density at radius 2 is 2.05 bits per heavy atom. The molecule has 0 radical (unpaired) electrons. The average molecular weight is 272 g/mol. The first kappa shape index (κ1) is 14.3. The Hall–Kier alpha value is -2.10. The number of pyridine rings is 1. The van der Waals surface area contributed by atoms with Gasteiger partial charge >= 0.3 is 5.97 Å². The first-order valence-electron chi connectivity index (χ1n) is 6.90. The second-order valence-electron chi connectivity index (χ2n) is 5.28. The fourth-order valence-corrected chi connectivity index (χ4v) is 2.44. The monoisotopic (exact) mass is 272 g/mol. The van der Waals surface area contributed by atoms with Crippen molar-refractivity contribution < 1.29 is 9.90 Å². The van der Waals surface area contributed by atoms with Crippen molar-refractivity contribution in [2.45, 2.75) is 20.8 Å². The van der Waals surface area contributed by atoms with E-state index in [0.29, 0.717) is 5.92 Å². The topological polar surface area (TPSA) is 53.4 Å². The molecular formula is C16H20N2O2. The zero-order chi connectivity index (χ0) is 14.7. The Balaban J connectivity index is 2.68. The predicted octanol–water partition coefficient (Wildman–Crippen LogP) is 3.42. The number of para-hydroxylation sites is 1. The van der Waals surface area contributed by atoms with Crippen molar-refractivity contribution in [3.05, 3.63) is 36.0 Å². The SMILES string of the molecule is CCN(CC(C)C)c1c(C(=O)O)cnc2ccccc12. The summed E-state index contributed by atoms with van der Waals surface area (Å²) in [6.07, 6.45) is 1.46. The molecule has 0 fully saturated rings. The van der Waals surface area contributed by atoms with Crippen LogP contribution in [0.3, 0.4) is 0 Å². The van der Waals surface area contributed by atoms with Crippen LogP contribution in [-0.2, 0) is 0 Å². The maximum Gasteiger partial charge on any atom is 0.339 e. The fourth-order valence-electron chi connectivity index (χ4n) is 2.44. The maximum atomic E-state index is 11.5. The molecule has 1 aromatic carbocycles. The van der Waals surface area contributed by atoms with E-state index in [1.54, 1.807) is 0 Å². The molecule has 0 bridgehead atoms. The van der Waals surface area contributed by atoms with Crippen LogP contribution in [0.25, 0.3) is 10.9 Å². The van der Waals surface area contributed by atoms with E-state index in [2.05, 4.69) is 23.7 Å². The molecule has 2 aromatic rings.